The number of nitrogens with zero attached hydrogens (tertiary/aromatic N) is 1. The standard InChI is InChI=1S/C25H25NO5/c1-15-7-5-6-10-18(15)22-21(23(27)16-11-12-19-20(13-16)31-14-30-19)24(28)25(29)26(22)17-8-3-2-4-9-17/h5-7,10-13,17,22,27H,2-4,8-9,14H2,1H3/b23-21+. The van der Waals surface area contributed by atoms with Gasteiger partial charge in [-0.05, 0) is 49.1 Å². The molecule has 3 aliphatic rings. The molecule has 6 heteroatoms. The number of amides is 1. The van der Waals surface area contributed by atoms with Crippen LogP contribution in [0.15, 0.2) is 48.0 Å². The zero-order valence-electron chi connectivity index (χ0n) is 17.5. The first kappa shape index (κ1) is 19.7. The Balaban J connectivity index is 1.67. The summed E-state index contributed by atoms with van der Waals surface area (Å²) in [4.78, 5) is 28.2. The first-order chi connectivity index (χ1) is 15.1. The van der Waals surface area contributed by atoms with E-state index in [1.165, 1.54) is 0 Å². The van der Waals surface area contributed by atoms with Crippen molar-refractivity contribution in [2.24, 2.45) is 0 Å². The molecule has 2 aliphatic heterocycles. The fourth-order valence-corrected chi connectivity index (χ4v) is 4.98. The number of ether oxygens (including phenoxy) is 2. The summed E-state index contributed by atoms with van der Waals surface area (Å²) in [7, 11) is 0. The van der Waals surface area contributed by atoms with E-state index >= 15 is 0 Å². The second-order valence-electron chi connectivity index (χ2n) is 8.42. The van der Waals surface area contributed by atoms with E-state index in [-0.39, 0.29) is 24.2 Å². The van der Waals surface area contributed by atoms with Crippen molar-refractivity contribution in [3.63, 3.8) is 0 Å². The van der Waals surface area contributed by atoms with Crippen LogP contribution in [-0.2, 0) is 9.59 Å². The van der Waals surface area contributed by atoms with Gasteiger partial charge in [0.15, 0.2) is 11.5 Å². The molecule has 1 unspecified atom stereocenters. The van der Waals surface area contributed by atoms with Crippen molar-refractivity contribution in [3.8, 4) is 11.5 Å². The Labute approximate surface area is 181 Å². The number of carbonyl (C=O) groups is 2. The zero-order valence-corrected chi connectivity index (χ0v) is 17.5. The lowest BCUT2D eigenvalue weighted by molar-refractivity contribution is -0.141. The van der Waals surface area contributed by atoms with Gasteiger partial charge < -0.3 is 19.5 Å². The average molecular weight is 419 g/mol. The molecule has 1 saturated carbocycles. The van der Waals surface area contributed by atoms with Crippen LogP contribution in [0.1, 0.15) is 54.8 Å². The highest BCUT2D eigenvalue weighted by molar-refractivity contribution is 6.46. The number of hydrogen-bond donors (Lipinski definition) is 1. The summed E-state index contributed by atoms with van der Waals surface area (Å²) < 4.78 is 10.8. The molecule has 0 radical (unpaired) electrons. The molecule has 2 aromatic carbocycles. The van der Waals surface area contributed by atoms with Gasteiger partial charge in [0.1, 0.15) is 5.76 Å². The second-order valence-corrected chi connectivity index (χ2v) is 8.42. The van der Waals surface area contributed by atoms with E-state index in [0.717, 1.165) is 43.2 Å². The van der Waals surface area contributed by atoms with Gasteiger partial charge in [0.05, 0.1) is 11.6 Å². The van der Waals surface area contributed by atoms with Crippen LogP contribution in [0.5, 0.6) is 11.5 Å². The van der Waals surface area contributed by atoms with Gasteiger partial charge in [-0.25, -0.2) is 0 Å². The Morgan fingerprint density at radius 1 is 1.00 bits per heavy atom. The van der Waals surface area contributed by atoms with Crippen molar-refractivity contribution >= 4 is 17.4 Å². The molecule has 1 atom stereocenters. The third kappa shape index (κ3) is 3.26. The van der Waals surface area contributed by atoms with Crippen molar-refractivity contribution < 1.29 is 24.2 Å². The van der Waals surface area contributed by atoms with Gasteiger partial charge >= 0.3 is 0 Å². The van der Waals surface area contributed by atoms with Gasteiger partial charge in [-0.15, -0.1) is 0 Å². The predicted molar refractivity (Wildman–Crippen MR) is 115 cm³/mol. The average Bonchev–Trinajstić information content (AvgIpc) is 3.36. The van der Waals surface area contributed by atoms with Crippen LogP contribution >= 0.6 is 0 Å². The van der Waals surface area contributed by atoms with Crippen molar-refractivity contribution in [1.29, 1.82) is 0 Å². The van der Waals surface area contributed by atoms with E-state index in [4.69, 9.17) is 9.47 Å². The molecule has 1 amide bonds. The lowest BCUT2D eigenvalue weighted by atomic mass is 9.89. The lowest BCUT2D eigenvalue weighted by Gasteiger charge is -2.36. The minimum absolute atomic E-state index is 0.00291. The van der Waals surface area contributed by atoms with Gasteiger partial charge in [0.2, 0.25) is 6.79 Å². The molecule has 5 rings (SSSR count). The predicted octanol–water partition coefficient (Wildman–Crippen LogP) is 4.48. The Hall–Kier alpha value is -3.28. The summed E-state index contributed by atoms with van der Waals surface area (Å²) in [6.45, 7) is 2.09. The summed E-state index contributed by atoms with van der Waals surface area (Å²) in [5, 5.41) is 11.3. The topological polar surface area (TPSA) is 76.1 Å². The smallest absolute Gasteiger partial charge is 0.295 e. The molecule has 0 aromatic heterocycles. The summed E-state index contributed by atoms with van der Waals surface area (Å²) in [6.07, 6.45) is 4.97. The third-order valence-electron chi connectivity index (χ3n) is 6.58. The molecule has 2 fully saturated rings. The summed E-state index contributed by atoms with van der Waals surface area (Å²) in [5.41, 5.74) is 2.43. The second kappa shape index (κ2) is 7.76. The maximum Gasteiger partial charge on any atom is 0.295 e. The number of Topliss-reactive ketones (excluding diaryl/α,β-unsaturated/α-hetero) is 1. The number of benzene rings is 2. The van der Waals surface area contributed by atoms with E-state index in [1.54, 1.807) is 23.1 Å². The summed E-state index contributed by atoms with van der Waals surface area (Å²) in [6, 6.07) is 12.2. The van der Waals surface area contributed by atoms with Crippen molar-refractivity contribution in [3.05, 3.63) is 64.7 Å². The van der Waals surface area contributed by atoms with Gasteiger partial charge in [-0.2, -0.15) is 0 Å². The number of ketones is 1. The normalized spacial score (nSPS) is 22.9. The molecule has 1 aliphatic carbocycles. The Morgan fingerprint density at radius 2 is 1.74 bits per heavy atom. The molecular weight excluding hydrogens is 394 g/mol. The van der Waals surface area contributed by atoms with Crippen LogP contribution in [0.25, 0.3) is 5.76 Å². The van der Waals surface area contributed by atoms with Crippen LogP contribution < -0.4 is 9.47 Å². The van der Waals surface area contributed by atoms with Crippen LogP contribution in [0.3, 0.4) is 0 Å². The summed E-state index contributed by atoms with van der Waals surface area (Å²) >= 11 is 0. The minimum Gasteiger partial charge on any atom is -0.507 e. The first-order valence-electron chi connectivity index (χ1n) is 10.8. The van der Waals surface area contributed by atoms with Crippen molar-refractivity contribution in [1.82, 2.24) is 4.90 Å². The van der Waals surface area contributed by atoms with Crippen LogP contribution in [-0.4, -0.2) is 34.5 Å². The number of hydrogen-bond acceptors (Lipinski definition) is 5. The first-order valence-corrected chi connectivity index (χ1v) is 10.8. The molecule has 1 saturated heterocycles. The molecule has 31 heavy (non-hydrogen) atoms. The minimum atomic E-state index is -0.631. The number of carbonyl (C=O) groups excluding carboxylic acids is 2. The molecule has 2 heterocycles. The number of aryl methyl sites for hydroxylation is 1. The highest BCUT2D eigenvalue weighted by Crippen LogP contribution is 2.44. The van der Waals surface area contributed by atoms with E-state index in [9.17, 15) is 14.7 Å². The molecule has 1 N–H and O–H groups in total. The number of likely N-dealkylation sites (tertiary alicyclic amines) is 1. The molecule has 2 aromatic rings. The Kier molecular flexibility index (Phi) is 4.93. The molecule has 0 bridgehead atoms. The Bertz CT molecular complexity index is 1080. The van der Waals surface area contributed by atoms with Crippen molar-refractivity contribution in [2.75, 3.05) is 6.79 Å². The zero-order chi connectivity index (χ0) is 21.5. The maximum atomic E-state index is 13.2. The fraction of sp³-hybridized carbons (Fsp3) is 0.360. The molecule has 6 nitrogen and oxygen atoms in total. The van der Waals surface area contributed by atoms with E-state index in [1.807, 2.05) is 31.2 Å². The molecule has 0 spiro atoms. The van der Waals surface area contributed by atoms with E-state index in [0.29, 0.717) is 17.1 Å². The van der Waals surface area contributed by atoms with Gasteiger partial charge in [-0.1, -0.05) is 43.5 Å². The van der Waals surface area contributed by atoms with Crippen LogP contribution in [0.4, 0.5) is 0 Å². The highest BCUT2D eigenvalue weighted by atomic mass is 16.7. The number of aliphatic hydroxyl groups is 1. The molecular formula is C25H25NO5. The SMILES string of the molecule is Cc1ccccc1C1/C(=C(\O)c2ccc3c(c2)OCO3)C(=O)C(=O)N1C1CCCCC1. The van der Waals surface area contributed by atoms with Crippen LogP contribution in [0, 0.1) is 6.92 Å². The number of fused-ring (bicyclic) bond motifs is 1. The third-order valence-corrected chi connectivity index (χ3v) is 6.58. The maximum absolute atomic E-state index is 13.2. The van der Waals surface area contributed by atoms with E-state index in [2.05, 4.69) is 0 Å². The Morgan fingerprint density at radius 3 is 2.52 bits per heavy atom. The quantitative estimate of drug-likeness (QED) is 0.451. The van der Waals surface area contributed by atoms with Gasteiger partial charge in [0.25, 0.3) is 11.7 Å². The highest BCUT2D eigenvalue weighted by Gasteiger charge is 2.49. The van der Waals surface area contributed by atoms with Crippen LogP contribution in [0.2, 0.25) is 0 Å². The lowest BCUT2D eigenvalue weighted by Crippen LogP contribution is -2.40. The van der Waals surface area contributed by atoms with E-state index < -0.39 is 17.7 Å². The fourth-order valence-electron chi connectivity index (χ4n) is 4.98. The number of rotatable bonds is 3. The summed E-state index contributed by atoms with van der Waals surface area (Å²) in [5.74, 6) is -0.229. The molecule has 160 valence electrons. The largest absolute Gasteiger partial charge is 0.507 e. The van der Waals surface area contributed by atoms with Gasteiger partial charge in [-0.3, -0.25) is 9.59 Å². The van der Waals surface area contributed by atoms with Gasteiger partial charge in [0, 0.05) is 11.6 Å². The number of aliphatic hydroxyl groups excluding tert-OH is 1. The monoisotopic (exact) mass is 419 g/mol. The van der Waals surface area contributed by atoms with Crippen molar-refractivity contribution in [2.45, 2.75) is 51.1 Å².